The molecule has 1 aliphatic heterocycles. The summed E-state index contributed by atoms with van der Waals surface area (Å²) in [4.78, 5) is 37.8. The molecule has 2 aliphatic rings. The molecule has 1 fully saturated rings. The van der Waals surface area contributed by atoms with E-state index in [0.29, 0.717) is 19.5 Å². The number of fused-ring (bicyclic) bond motifs is 3. The molecule has 1 saturated heterocycles. The van der Waals surface area contributed by atoms with Gasteiger partial charge < -0.3 is 20.1 Å². The van der Waals surface area contributed by atoms with Crippen LogP contribution in [0.5, 0.6) is 0 Å². The quantitative estimate of drug-likeness (QED) is 0.543. The Bertz CT molecular complexity index is 1000. The molecule has 0 aromatic heterocycles. The van der Waals surface area contributed by atoms with Gasteiger partial charge in [0.1, 0.15) is 6.61 Å². The highest BCUT2D eigenvalue weighted by Crippen LogP contribution is 2.44. The van der Waals surface area contributed by atoms with Gasteiger partial charge in [-0.1, -0.05) is 68.3 Å². The summed E-state index contributed by atoms with van der Waals surface area (Å²) in [5.41, 5.74) is 4.66. The molecule has 2 N–H and O–H groups in total. The van der Waals surface area contributed by atoms with Gasteiger partial charge in [0.2, 0.25) is 5.91 Å². The zero-order valence-electron chi connectivity index (χ0n) is 19.5. The maximum absolute atomic E-state index is 12.7. The van der Waals surface area contributed by atoms with E-state index in [1.807, 2.05) is 24.3 Å². The van der Waals surface area contributed by atoms with E-state index in [4.69, 9.17) is 9.84 Å². The first-order valence-corrected chi connectivity index (χ1v) is 12.1. The molecule has 2 amide bonds. The Morgan fingerprint density at radius 3 is 2.26 bits per heavy atom. The number of benzene rings is 2. The van der Waals surface area contributed by atoms with Crippen LogP contribution in [0.4, 0.5) is 4.79 Å². The molecule has 7 nitrogen and oxygen atoms in total. The van der Waals surface area contributed by atoms with Crippen LogP contribution in [0, 0.1) is 5.92 Å². The van der Waals surface area contributed by atoms with Crippen LogP contribution in [0.15, 0.2) is 48.5 Å². The predicted molar refractivity (Wildman–Crippen MR) is 128 cm³/mol. The Morgan fingerprint density at radius 2 is 1.68 bits per heavy atom. The third-order valence-electron chi connectivity index (χ3n) is 6.77. The number of carbonyl (C=O) groups is 3. The van der Waals surface area contributed by atoms with Crippen molar-refractivity contribution in [3.8, 4) is 11.1 Å². The van der Waals surface area contributed by atoms with Gasteiger partial charge in [-0.2, -0.15) is 0 Å². The number of carboxylic acids is 1. The van der Waals surface area contributed by atoms with E-state index < -0.39 is 12.1 Å². The van der Waals surface area contributed by atoms with Crippen LogP contribution in [0.3, 0.4) is 0 Å². The Morgan fingerprint density at radius 1 is 1.06 bits per heavy atom. The highest BCUT2D eigenvalue weighted by Gasteiger charge is 2.33. The van der Waals surface area contributed by atoms with E-state index >= 15 is 0 Å². The minimum atomic E-state index is -0.838. The number of ether oxygens (including phenoxy) is 1. The molecule has 0 radical (unpaired) electrons. The highest BCUT2D eigenvalue weighted by molar-refractivity contribution is 5.80. The minimum Gasteiger partial charge on any atom is -0.481 e. The molecule has 0 bridgehead atoms. The minimum absolute atomic E-state index is 0.0128. The lowest BCUT2D eigenvalue weighted by atomic mass is 9.95. The SMILES string of the molecule is CCCC[C@H](CC(=O)N1CC(CC(=O)O)C1)NC(=O)OCC1c2ccccc2-c2ccccc21. The van der Waals surface area contributed by atoms with Gasteiger partial charge in [-0.3, -0.25) is 9.59 Å². The van der Waals surface area contributed by atoms with E-state index in [-0.39, 0.29) is 43.2 Å². The second kappa shape index (κ2) is 10.7. The molecule has 2 aromatic rings. The van der Waals surface area contributed by atoms with Crippen molar-refractivity contribution in [1.29, 1.82) is 0 Å². The standard InChI is InChI=1S/C27H32N2O5/c1-2-3-8-19(14-25(30)29-15-18(16-29)13-26(31)32)28-27(33)34-17-24-22-11-6-4-9-20(22)21-10-5-7-12-23(21)24/h4-7,9-12,18-19,24H,2-3,8,13-17H2,1H3,(H,28,33)(H,31,32)/t19-/m1/s1. The van der Waals surface area contributed by atoms with Gasteiger partial charge >= 0.3 is 12.1 Å². The van der Waals surface area contributed by atoms with Crippen molar-refractivity contribution in [2.75, 3.05) is 19.7 Å². The highest BCUT2D eigenvalue weighted by atomic mass is 16.5. The largest absolute Gasteiger partial charge is 0.481 e. The monoisotopic (exact) mass is 464 g/mol. The molecule has 0 unspecified atom stereocenters. The first-order chi connectivity index (χ1) is 16.5. The summed E-state index contributed by atoms with van der Waals surface area (Å²) in [6, 6.07) is 16.1. The second-order valence-corrected chi connectivity index (χ2v) is 9.28. The molecular weight excluding hydrogens is 432 g/mol. The average molecular weight is 465 g/mol. The van der Waals surface area contributed by atoms with E-state index in [1.165, 1.54) is 11.1 Å². The number of aliphatic carboxylic acids is 1. The van der Waals surface area contributed by atoms with Crippen LogP contribution >= 0.6 is 0 Å². The summed E-state index contributed by atoms with van der Waals surface area (Å²) in [5.74, 6) is -0.886. The fourth-order valence-corrected chi connectivity index (χ4v) is 4.97. The summed E-state index contributed by atoms with van der Waals surface area (Å²) in [6.07, 6.45) is 2.32. The third kappa shape index (κ3) is 5.41. The molecule has 180 valence electrons. The molecule has 7 heteroatoms. The van der Waals surface area contributed by atoms with Crippen molar-refractivity contribution >= 4 is 18.0 Å². The average Bonchev–Trinajstić information content (AvgIpc) is 3.11. The first kappa shape index (κ1) is 23.8. The summed E-state index contributed by atoms with van der Waals surface area (Å²) in [7, 11) is 0. The van der Waals surface area contributed by atoms with Gasteiger partial charge in [-0.15, -0.1) is 0 Å². The summed E-state index contributed by atoms with van der Waals surface area (Å²) >= 11 is 0. The Kier molecular flexibility index (Phi) is 7.50. The van der Waals surface area contributed by atoms with Crippen LogP contribution in [-0.2, 0) is 14.3 Å². The molecule has 4 rings (SSSR count). The van der Waals surface area contributed by atoms with Crippen LogP contribution in [0.1, 0.15) is 56.1 Å². The van der Waals surface area contributed by atoms with Gasteiger partial charge in [0.25, 0.3) is 0 Å². The normalized spacial score (nSPS) is 15.7. The van der Waals surface area contributed by atoms with Gasteiger partial charge in [-0.05, 0) is 28.7 Å². The molecular formula is C27H32N2O5. The van der Waals surface area contributed by atoms with Crippen molar-refractivity contribution in [3.63, 3.8) is 0 Å². The molecule has 1 aliphatic carbocycles. The number of hydrogen-bond donors (Lipinski definition) is 2. The molecule has 2 aromatic carbocycles. The Balaban J connectivity index is 1.32. The summed E-state index contributed by atoms with van der Waals surface area (Å²) in [5, 5.41) is 11.8. The van der Waals surface area contributed by atoms with Gasteiger partial charge in [0.15, 0.2) is 0 Å². The Labute approximate surface area is 200 Å². The number of carboxylic acid groups (broad SMARTS) is 1. The number of carbonyl (C=O) groups excluding carboxylic acids is 2. The van der Waals surface area contributed by atoms with Crippen LogP contribution < -0.4 is 5.32 Å². The third-order valence-corrected chi connectivity index (χ3v) is 6.77. The molecule has 0 saturated carbocycles. The molecule has 1 atom stereocenters. The van der Waals surface area contributed by atoms with Crippen molar-refractivity contribution in [1.82, 2.24) is 10.2 Å². The first-order valence-electron chi connectivity index (χ1n) is 12.1. The van der Waals surface area contributed by atoms with Crippen LogP contribution in [0.2, 0.25) is 0 Å². The van der Waals surface area contributed by atoms with E-state index in [2.05, 4.69) is 36.5 Å². The van der Waals surface area contributed by atoms with Gasteiger partial charge in [-0.25, -0.2) is 4.79 Å². The van der Waals surface area contributed by atoms with Gasteiger partial charge in [0.05, 0.1) is 6.42 Å². The predicted octanol–water partition coefficient (Wildman–Crippen LogP) is 4.41. The van der Waals surface area contributed by atoms with Gasteiger partial charge in [0, 0.05) is 37.4 Å². The summed E-state index contributed by atoms with van der Waals surface area (Å²) in [6.45, 7) is 3.24. The number of nitrogens with zero attached hydrogens (tertiary/aromatic N) is 1. The van der Waals surface area contributed by atoms with E-state index in [9.17, 15) is 14.4 Å². The van der Waals surface area contributed by atoms with Crippen LogP contribution in [-0.4, -0.2) is 53.7 Å². The maximum Gasteiger partial charge on any atom is 0.407 e. The molecule has 34 heavy (non-hydrogen) atoms. The maximum atomic E-state index is 12.7. The van der Waals surface area contributed by atoms with Crippen molar-refractivity contribution < 1.29 is 24.2 Å². The molecule has 1 heterocycles. The molecule has 0 spiro atoms. The van der Waals surface area contributed by atoms with Crippen molar-refractivity contribution in [2.24, 2.45) is 5.92 Å². The zero-order valence-corrected chi connectivity index (χ0v) is 19.5. The second-order valence-electron chi connectivity index (χ2n) is 9.28. The van der Waals surface area contributed by atoms with Crippen LogP contribution in [0.25, 0.3) is 11.1 Å². The lowest BCUT2D eigenvalue weighted by Crippen LogP contribution is -2.52. The smallest absolute Gasteiger partial charge is 0.407 e. The summed E-state index contributed by atoms with van der Waals surface area (Å²) < 4.78 is 5.65. The number of hydrogen-bond acceptors (Lipinski definition) is 4. The van der Waals surface area contributed by atoms with Crippen molar-refractivity contribution in [3.05, 3.63) is 59.7 Å². The number of unbranched alkanes of at least 4 members (excludes halogenated alkanes) is 1. The zero-order chi connectivity index (χ0) is 24.1. The lowest BCUT2D eigenvalue weighted by Gasteiger charge is -2.39. The van der Waals surface area contributed by atoms with E-state index in [1.54, 1.807) is 4.90 Å². The topological polar surface area (TPSA) is 95.9 Å². The fourth-order valence-electron chi connectivity index (χ4n) is 4.97. The number of amides is 2. The number of nitrogens with one attached hydrogen (secondary N) is 1. The fraction of sp³-hybridized carbons (Fsp3) is 0.444. The number of rotatable bonds is 10. The van der Waals surface area contributed by atoms with Crippen molar-refractivity contribution in [2.45, 2.75) is 51.0 Å². The number of alkyl carbamates (subject to hydrolysis) is 1. The lowest BCUT2D eigenvalue weighted by molar-refractivity contribution is -0.145. The van der Waals surface area contributed by atoms with E-state index in [0.717, 1.165) is 24.0 Å². The number of likely N-dealkylation sites (tertiary alicyclic amines) is 1. The Hall–Kier alpha value is -3.35.